The highest BCUT2D eigenvalue weighted by Crippen LogP contribution is 2.23. The van der Waals surface area contributed by atoms with Crippen LogP contribution in [-0.4, -0.2) is 56.1 Å². The number of anilines is 1. The normalized spacial score (nSPS) is 12.5. The van der Waals surface area contributed by atoms with Crippen LogP contribution in [0.4, 0.5) is 5.69 Å². The lowest BCUT2D eigenvalue weighted by atomic mass is 10.1. The third kappa shape index (κ3) is 8.85. The summed E-state index contributed by atoms with van der Waals surface area (Å²) in [5, 5.41) is 2.90. The van der Waals surface area contributed by atoms with Crippen molar-refractivity contribution in [2.45, 2.75) is 52.7 Å². The Morgan fingerprint density at radius 3 is 2.11 bits per heavy atom. The van der Waals surface area contributed by atoms with Gasteiger partial charge in [0.05, 0.1) is 18.6 Å². The number of benzene rings is 2. The number of ether oxygens (including phenoxy) is 1. The molecule has 0 aliphatic carbocycles. The predicted octanol–water partition coefficient (Wildman–Crippen LogP) is 3.95. The number of sulfonamides is 1. The van der Waals surface area contributed by atoms with Crippen LogP contribution in [0.2, 0.25) is 0 Å². The lowest BCUT2D eigenvalue weighted by molar-refractivity contribution is -0.140. The Morgan fingerprint density at radius 2 is 1.63 bits per heavy atom. The van der Waals surface area contributed by atoms with Crippen LogP contribution in [-0.2, 0) is 26.2 Å². The first-order valence-corrected chi connectivity index (χ1v) is 13.9. The van der Waals surface area contributed by atoms with Crippen LogP contribution in [0.3, 0.4) is 0 Å². The van der Waals surface area contributed by atoms with Crippen LogP contribution in [0, 0.1) is 0 Å². The van der Waals surface area contributed by atoms with Crippen LogP contribution in [0.5, 0.6) is 5.75 Å². The SMILES string of the molecule is CCOc1ccc(N(CC(=O)N(Cc2ccc(Br)cc2)C(C)C(=O)NC(C)(C)C)S(C)(=O)=O)cc1. The maximum Gasteiger partial charge on any atom is 0.244 e. The van der Waals surface area contributed by atoms with E-state index in [1.807, 2.05) is 52.0 Å². The van der Waals surface area contributed by atoms with Crippen molar-refractivity contribution in [3.63, 3.8) is 0 Å². The molecule has 1 atom stereocenters. The van der Waals surface area contributed by atoms with E-state index in [2.05, 4.69) is 21.2 Å². The first-order chi connectivity index (χ1) is 16.2. The summed E-state index contributed by atoms with van der Waals surface area (Å²) < 4.78 is 32.6. The summed E-state index contributed by atoms with van der Waals surface area (Å²) in [5.41, 5.74) is 0.655. The topological polar surface area (TPSA) is 96.0 Å². The third-order valence-corrected chi connectivity index (χ3v) is 6.72. The molecule has 0 aliphatic rings. The molecule has 8 nitrogen and oxygen atoms in total. The number of amides is 2. The van der Waals surface area contributed by atoms with Crippen LogP contribution in [0.25, 0.3) is 0 Å². The number of hydrogen-bond acceptors (Lipinski definition) is 5. The molecule has 2 aromatic rings. The quantitative estimate of drug-likeness (QED) is 0.469. The highest BCUT2D eigenvalue weighted by Gasteiger charge is 2.31. The zero-order chi connectivity index (χ0) is 26.4. The summed E-state index contributed by atoms with van der Waals surface area (Å²) in [7, 11) is -3.79. The van der Waals surface area contributed by atoms with Gasteiger partial charge in [-0.05, 0) is 76.6 Å². The number of halogens is 1. The Balaban J connectivity index is 2.37. The number of nitrogens with zero attached hydrogens (tertiary/aromatic N) is 2. The van der Waals surface area contributed by atoms with Gasteiger partial charge in [0.25, 0.3) is 0 Å². The Kier molecular flexibility index (Phi) is 9.74. The van der Waals surface area contributed by atoms with Crippen LogP contribution in [0.1, 0.15) is 40.2 Å². The molecule has 10 heteroatoms. The van der Waals surface area contributed by atoms with E-state index in [4.69, 9.17) is 4.74 Å². The number of carbonyl (C=O) groups excluding carboxylic acids is 2. The molecule has 0 saturated carbocycles. The molecule has 0 fully saturated rings. The van der Waals surface area contributed by atoms with Gasteiger partial charge < -0.3 is 15.0 Å². The Bertz CT molecular complexity index is 1110. The molecule has 0 aromatic heterocycles. The fourth-order valence-electron chi connectivity index (χ4n) is 3.33. The first-order valence-electron chi connectivity index (χ1n) is 11.3. The minimum absolute atomic E-state index is 0.145. The van der Waals surface area contributed by atoms with E-state index in [9.17, 15) is 18.0 Å². The molecule has 0 heterocycles. The van der Waals surface area contributed by atoms with E-state index in [0.717, 1.165) is 20.6 Å². The maximum atomic E-state index is 13.5. The monoisotopic (exact) mass is 567 g/mol. The second-order valence-corrected chi connectivity index (χ2v) is 12.1. The Hall–Kier alpha value is -2.59. The highest BCUT2D eigenvalue weighted by molar-refractivity contribution is 9.10. The van der Waals surface area contributed by atoms with Gasteiger partial charge in [-0.25, -0.2) is 8.42 Å². The molecule has 2 amide bonds. The molecule has 0 spiro atoms. The average Bonchev–Trinajstić information content (AvgIpc) is 2.75. The van der Waals surface area contributed by atoms with Crippen LogP contribution in [0.15, 0.2) is 53.0 Å². The van der Waals surface area contributed by atoms with Gasteiger partial charge in [-0.15, -0.1) is 0 Å². The summed E-state index contributed by atoms with van der Waals surface area (Å²) in [5.74, 6) is -0.223. The third-order valence-electron chi connectivity index (χ3n) is 5.05. The van der Waals surface area contributed by atoms with Crippen molar-refractivity contribution in [1.29, 1.82) is 0 Å². The van der Waals surface area contributed by atoms with Crippen molar-refractivity contribution in [1.82, 2.24) is 10.2 Å². The van der Waals surface area contributed by atoms with Crippen molar-refractivity contribution in [3.8, 4) is 5.75 Å². The van der Waals surface area contributed by atoms with Gasteiger partial charge in [-0.2, -0.15) is 0 Å². The molecule has 192 valence electrons. The van der Waals surface area contributed by atoms with E-state index in [1.54, 1.807) is 31.2 Å². The van der Waals surface area contributed by atoms with Gasteiger partial charge in [0.15, 0.2) is 0 Å². The van der Waals surface area contributed by atoms with Gasteiger partial charge in [-0.1, -0.05) is 28.1 Å². The summed E-state index contributed by atoms with van der Waals surface area (Å²) in [4.78, 5) is 27.9. The Labute approximate surface area is 216 Å². The van der Waals surface area contributed by atoms with Crippen molar-refractivity contribution >= 4 is 43.5 Å². The Morgan fingerprint density at radius 1 is 1.06 bits per heavy atom. The van der Waals surface area contributed by atoms with Crippen molar-refractivity contribution in [2.24, 2.45) is 0 Å². The smallest absolute Gasteiger partial charge is 0.244 e. The van der Waals surface area contributed by atoms with Crippen LogP contribution < -0.4 is 14.4 Å². The van der Waals surface area contributed by atoms with Crippen molar-refractivity contribution in [2.75, 3.05) is 23.7 Å². The summed E-state index contributed by atoms with van der Waals surface area (Å²) in [6.45, 7) is 9.24. The molecule has 2 rings (SSSR count). The zero-order valence-electron chi connectivity index (χ0n) is 21.0. The number of carbonyl (C=O) groups is 2. The van der Waals surface area contributed by atoms with Crippen LogP contribution >= 0.6 is 15.9 Å². The molecule has 35 heavy (non-hydrogen) atoms. The molecule has 0 bridgehead atoms. The molecule has 1 N–H and O–H groups in total. The molecule has 0 saturated heterocycles. The van der Waals surface area contributed by atoms with E-state index in [0.29, 0.717) is 18.0 Å². The number of nitrogens with one attached hydrogen (secondary N) is 1. The first kappa shape index (κ1) is 28.6. The summed E-state index contributed by atoms with van der Waals surface area (Å²) >= 11 is 3.39. The fraction of sp³-hybridized carbons (Fsp3) is 0.440. The lowest BCUT2D eigenvalue weighted by Crippen LogP contribution is -2.54. The molecule has 0 aliphatic heterocycles. The van der Waals surface area contributed by atoms with Crippen molar-refractivity contribution in [3.05, 3.63) is 58.6 Å². The molecule has 0 radical (unpaired) electrons. The lowest BCUT2D eigenvalue weighted by Gasteiger charge is -2.33. The molecular formula is C25H34BrN3O5S. The second kappa shape index (κ2) is 11.9. The van der Waals surface area contributed by atoms with E-state index in [1.165, 1.54) is 4.90 Å². The molecular weight excluding hydrogens is 534 g/mol. The largest absolute Gasteiger partial charge is 0.494 e. The highest BCUT2D eigenvalue weighted by atomic mass is 79.9. The predicted molar refractivity (Wildman–Crippen MR) is 142 cm³/mol. The van der Waals surface area contributed by atoms with Gasteiger partial charge in [0.2, 0.25) is 21.8 Å². The summed E-state index contributed by atoms with van der Waals surface area (Å²) in [6.07, 6.45) is 1.05. The molecule has 2 aromatic carbocycles. The average molecular weight is 569 g/mol. The van der Waals surface area contributed by atoms with E-state index >= 15 is 0 Å². The fourth-order valence-corrected chi connectivity index (χ4v) is 4.45. The van der Waals surface area contributed by atoms with Gasteiger partial charge in [0, 0.05) is 16.6 Å². The zero-order valence-corrected chi connectivity index (χ0v) is 23.4. The standard InChI is InChI=1S/C25H34BrN3O5S/c1-7-34-22-14-12-21(13-15-22)29(35(6,32)33)17-23(30)28(16-19-8-10-20(26)11-9-19)18(2)24(31)27-25(3,4)5/h8-15,18H,7,16-17H2,1-6H3,(H,27,31). The maximum absolute atomic E-state index is 13.5. The second-order valence-electron chi connectivity index (χ2n) is 9.26. The van der Waals surface area contributed by atoms with Gasteiger partial charge in [-0.3, -0.25) is 13.9 Å². The van der Waals surface area contributed by atoms with E-state index < -0.39 is 34.1 Å². The van der Waals surface area contributed by atoms with Gasteiger partial charge >= 0.3 is 0 Å². The van der Waals surface area contributed by atoms with Gasteiger partial charge in [0.1, 0.15) is 18.3 Å². The van der Waals surface area contributed by atoms with E-state index in [-0.39, 0.29) is 12.5 Å². The molecule has 1 unspecified atom stereocenters. The van der Waals surface area contributed by atoms with Crippen molar-refractivity contribution < 1.29 is 22.7 Å². The minimum atomic E-state index is -3.79. The number of hydrogen-bond donors (Lipinski definition) is 1. The number of rotatable bonds is 10. The summed E-state index contributed by atoms with van der Waals surface area (Å²) in [6, 6.07) is 13.1. The minimum Gasteiger partial charge on any atom is -0.494 e.